The van der Waals surface area contributed by atoms with Crippen molar-refractivity contribution in [2.75, 3.05) is 32.8 Å². The molecule has 2 aliphatic heterocycles. The summed E-state index contributed by atoms with van der Waals surface area (Å²) in [5.74, 6) is 0.310. The number of aliphatic hydroxyl groups is 1. The Hall–Kier alpha value is -2.80. The molecule has 1 atom stereocenters. The van der Waals surface area contributed by atoms with E-state index < -0.39 is 21.1 Å². The second kappa shape index (κ2) is 13.5. The molecule has 3 fully saturated rings. The minimum atomic E-state index is -3.69. The van der Waals surface area contributed by atoms with Gasteiger partial charge in [0.05, 0.1) is 22.9 Å². The van der Waals surface area contributed by atoms with E-state index in [1.54, 1.807) is 12.1 Å². The van der Waals surface area contributed by atoms with E-state index in [9.17, 15) is 18.0 Å². The summed E-state index contributed by atoms with van der Waals surface area (Å²) in [6.07, 6.45) is 8.46. The van der Waals surface area contributed by atoms with Crippen molar-refractivity contribution in [1.82, 2.24) is 29.6 Å². The monoisotopic (exact) mass is 642 g/mol. The lowest BCUT2D eigenvalue weighted by Crippen LogP contribution is -2.78. The zero-order chi connectivity index (χ0) is 32.4. The van der Waals surface area contributed by atoms with Crippen molar-refractivity contribution in [1.29, 1.82) is 0 Å². The number of piperidine rings is 1. The van der Waals surface area contributed by atoms with Gasteiger partial charge in [0.15, 0.2) is 0 Å². The SMILES string of the molecule is CCCCN1C(=O)[C@](C)(C2CCCCC2)NC(=O)C12CCN(Cc1c(C)nn(-c3ccc(S(=O)(=O)NCCO)cc3)c1C)CC2. The van der Waals surface area contributed by atoms with Gasteiger partial charge in [-0.1, -0.05) is 32.6 Å². The van der Waals surface area contributed by atoms with Crippen molar-refractivity contribution in [3.8, 4) is 5.69 Å². The number of benzene rings is 1. The van der Waals surface area contributed by atoms with Crippen molar-refractivity contribution >= 4 is 21.8 Å². The molecule has 248 valence electrons. The fourth-order valence-corrected chi connectivity index (χ4v) is 8.60. The summed E-state index contributed by atoms with van der Waals surface area (Å²) in [7, 11) is -3.69. The van der Waals surface area contributed by atoms with Crippen LogP contribution in [0, 0.1) is 19.8 Å². The Morgan fingerprint density at radius 1 is 1.07 bits per heavy atom. The van der Waals surface area contributed by atoms with E-state index in [1.165, 1.54) is 18.6 Å². The van der Waals surface area contributed by atoms with Crippen molar-refractivity contribution in [2.24, 2.45) is 5.92 Å². The molecule has 11 nitrogen and oxygen atoms in total. The average molecular weight is 643 g/mol. The van der Waals surface area contributed by atoms with Gasteiger partial charge in [0, 0.05) is 44.0 Å². The lowest BCUT2D eigenvalue weighted by atomic mass is 9.70. The van der Waals surface area contributed by atoms with Crippen molar-refractivity contribution in [3.05, 3.63) is 41.2 Å². The third kappa shape index (κ3) is 6.43. The maximum absolute atomic E-state index is 14.2. The lowest BCUT2D eigenvalue weighted by molar-refractivity contribution is -0.169. The van der Waals surface area contributed by atoms with Crippen LogP contribution in [0.25, 0.3) is 5.69 Å². The molecule has 5 rings (SSSR count). The minimum absolute atomic E-state index is 0.0168. The molecule has 2 saturated heterocycles. The number of aromatic nitrogens is 2. The number of carbonyl (C=O) groups excluding carboxylic acids is 2. The van der Waals surface area contributed by atoms with Crippen molar-refractivity contribution < 1.29 is 23.1 Å². The maximum Gasteiger partial charge on any atom is 0.249 e. The van der Waals surface area contributed by atoms with Gasteiger partial charge in [0.1, 0.15) is 11.1 Å². The molecule has 2 amide bonds. The van der Waals surface area contributed by atoms with Crippen LogP contribution < -0.4 is 10.0 Å². The van der Waals surface area contributed by atoms with E-state index in [2.05, 4.69) is 21.9 Å². The Morgan fingerprint density at radius 3 is 2.36 bits per heavy atom. The Morgan fingerprint density at radius 2 is 1.73 bits per heavy atom. The fourth-order valence-electron chi connectivity index (χ4n) is 7.58. The maximum atomic E-state index is 14.2. The van der Waals surface area contributed by atoms with Crippen molar-refractivity contribution in [2.45, 2.75) is 108 Å². The molecule has 45 heavy (non-hydrogen) atoms. The van der Waals surface area contributed by atoms with E-state index in [0.717, 1.165) is 61.2 Å². The van der Waals surface area contributed by atoms with E-state index in [4.69, 9.17) is 10.2 Å². The van der Waals surface area contributed by atoms with Crippen LogP contribution in [0.15, 0.2) is 29.2 Å². The number of rotatable bonds is 11. The first-order valence-electron chi connectivity index (χ1n) is 16.6. The van der Waals surface area contributed by atoms with Crippen LogP contribution in [-0.2, 0) is 26.2 Å². The second-order valence-corrected chi connectivity index (χ2v) is 15.1. The normalized spacial score (nSPS) is 23.1. The molecule has 1 aromatic carbocycles. The Balaban J connectivity index is 1.30. The highest BCUT2D eigenvalue weighted by Gasteiger charge is 2.59. The summed E-state index contributed by atoms with van der Waals surface area (Å²) in [5.41, 5.74) is 2.09. The molecule has 1 aromatic heterocycles. The molecule has 3 aliphatic rings. The van der Waals surface area contributed by atoms with E-state index in [0.29, 0.717) is 39.0 Å². The molecular formula is C33H50N6O5S. The van der Waals surface area contributed by atoms with Gasteiger partial charge in [0.25, 0.3) is 0 Å². The van der Waals surface area contributed by atoms with Crippen LogP contribution in [-0.4, -0.2) is 88.8 Å². The predicted octanol–water partition coefficient (Wildman–Crippen LogP) is 3.19. The Labute approximate surface area is 267 Å². The number of carbonyl (C=O) groups is 2. The molecule has 2 aromatic rings. The van der Waals surface area contributed by atoms with E-state index in [1.807, 2.05) is 30.4 Å². The second-order valence-electron chi connectivity index (χ2n) is 13.3. The molecule has 0 bridgehead atoms. The number of hydrogen-bond acceptors (Lipinski definition) is 7. The van der Waals surface area contributed by atoms with Crippen LogP contribution in [0.4, 0.5) is 0 Å². The minimum Gasteiger partial charge on any atom is -0.395 e. The zero-order valence-corrected chi connectivity index (χ0v) is 28.1. The predicted molar refractivity (Wildman–Crippen MR) is 172 cm³/mol. The number of aliphatic hydroxyl groups excluding tert-OH is 1. The number of sulfonamides is 1. The summed E-state index contributed by atoms with van der Waals surface area (Å²) in [4.78, 5) is 32.7. The first-order valence-corrected chi connectivity index (χ1v) is 18.1. The fraction of sp³-hybridized carbons (Fsp3) is 0.667. The highest BCUT2D eigenvalue weighted by molar-refractivity contribution is 7.89. The number of aryl methyl sites for hydroxylation is 1. The molecule has 1 aliphatic carbocycles. The summed E-state index contributed by atoms with van der Waals surface area (Å²) in [6.45, 7) is 10.5. The van der Waals surface area contributed by atoms with E-state index >= 15 is 0 Å². The molecule has 3 N–H and O–H groups in total. The highest BCUT2D eigenvalue weighted by atomic mass is 32.2. The third-order valence-electron chi connectivity index (χ3n) is 10.5. The molecule has 1 spiro atoms. The van der Waals surface area contributed by atoms with Gasteiger partial charge < -0.3 is 15.3 Å². The average Bonchev–Trinajstić information content (AvgIpc) is 3.32. The van der Waals surface area contributed by atoms with Gasteiger partial charge in [-0.2, -0.15) is 5.10 Å². The molecule has 0 radical (unpaired) electrons. The summed E-state index contributed by atoms with van der Waals surface area (Å²) in [6, 6.07) is 6.53. The third-order valence-corrected chi connectivity index (χ3v) is 11.9. The molecule has 1 saturated carbocycles. The largest absolute Gasteiger partial charge is 0.395 e. The summed E-state index contributed by atoms with van der Waals surface area (Å²) in [5, 5.41) is 17.0. The van der Waals surface area contributed by atoms with Gasteiger partial charge in [-0.25, -0.2) is 17.8 Å². The molecule has 3 heterocycles. The number of nitrogens with one attached hydrogen (secondary N) is 2. The topological polar surface area (TPSA) is 137 Å². The van der Waals surface area contributed by atoms with Crippen LogP contribution in [0.3, 0.4) is 0 Å². The van der Waals surface area contributed by atoms with Gasteiger partial charge >= 0.3 is 0 Å². The van der Waals surface area contributed by atoms with Crippen LogP contribution in [0.2, 0.25) is 0 Å². The molecule has 12 heteroatoms. The van der Waals surface area contributed by atoms with Gasteiger partial charge in [0.2, 0.25) is 21.8 Å². The first kappa shape index (κ1) is 33.6. The number of hydrogen-bond donors (Lipinski definition) is 3. The van der Waals surface area contributed by atoms with Gasteiger partial charge in [-0.15, -0.1) is 0 Å². The first-order chi connectivity index (χ1) is 21.5. The van der Waals surface area contributed by atoms with Crippen LogP contribution in [0.5, 0.6) is 0 Å². The Kier molecular flexibility index (Phi) is 10.1. The summed E-state index contributed by atoms with van der Waals surface area (Å²) < 4.78 is 29.0. The number of unbranched alkanes of at least 4 members (excludes halogenated alkanes) is 1. The highest BCUT2D eigenvalue weighted by Crippen LogP contribution is 2.42. The van der Waals surface area contributed by atoms with Crippen LogP contribution >= 0.6 is 0 Å². The Bertz CT molecular complexity index is 1480. The van der Waals surface area contributed by atoms with Crippen molar-refractivity contribution in [3.63, 3.8) is 0 Å². The number of likely N-dealkylation sites (tertiary alicyclic amines) is 1. The van der Waals surface area contributed by atoms with Crippen LogP contribution in [0.1, 0.15) is 88.6 Å². The standard InChI is InChI=1S/C33H50N6O5S/c1-5-6-19-38-31(42)32(4,26-10-8-7-9-11-26)35-30(41)33(38)16-20-37(21-17-33)23-29-24(2)36-39(25(29)3)27-12-14-28(15-13-27)45(43,44)34-18-22-40/h12-15,26,34,40H,5-11,16-23H2,1-4H3,(H,35,41)/t32-/m0/s1. The van der Waals surface area contributed by atoms with E-state index in [-0.39, 0.29) is 35.8 Å². The summed E-state index contributed by atoms with van der Waals surface area (Å²) >= 11 is 0. The lowest BCUT2D eigenvalue weighted by Gasteiger charge is -2.56. The quantitative estimate of drug-likeness (QED) is 0.343. The van der Waals surface area contributed by atoms with Gasteiger partial charge in [-0.3, -0.25) is 14.5 Å². The smallest absolute Gasteiger partial charge is 0.249 e. The molecule has 0 unspecified atom stereocenters. The zero-order valence-electron chi connectivity index (χ0n) is 27.3. The number of nitrogens with zero attached hydrogens (tertiary/aromatic N) is 4. The molecular weight excluding hydrogens is 592 g/mol. The van der Waals surface area contributed by atoms with Gasteiger partial charge in [-0.05, 0) is 83.1 Å². The number of amides is 2. The number of piperazine rings is 1.